The number of aliphatic imine (C=N–C) groups is 1. The van der Waals surface area contributed by atoms with E-state index in [2.05, 4.69) is 57.8 Å². The van der Waals surface area contributed by atoms with E-state index in [9.17, 15) is 4.79 Å². The Kier molecular flexibility index (Phi) is 8.02. The summed E-state index contributed by atoms with van der Waals surface area (Å²) in [5.74, 6) is 0.826. The maximum Gasteiger partial charge on any atom is 0.241 e. The summed E-state index contributed by atoms with van der Waals surface area (Å²) in [5, 5.41) is 6.17. The van der Waals surface area contributed by atoms with Crippen molar-refractivity contribution in [1.82, 2.24) is 15.5 Å². The van der Waals surface area contributed by atoms with Gasteiger partial charge in [-0.25, -0.2) is 4.99 Å². The predicted octanol–water partition coefficient (Wildman–Crippen LogP) is 2.66. The lowest BCUT2D eigenvalue weighted by Crippen LogP contribution is -2.45. The maximum atomic E-state index is 11.8. The Morgan fingerprint density at radius 2 is 1.88 bits per heavy atom. The molecule has 1 amide bonds. The molecule has 25 heavy (non-hydrogen) atoms. The van der Waals surface area contributed by atoms with Crippen molar-refractivity contribution < 1.29 is 4.79 Å². The number of amides is 1. The highest BCUT2D eigenvalue weighted by Crippen LogP contribution is 2.19. The van der Waals surface area contributed by atoms with Gasteiger partial charge in [0.2, 0.25) is 5.91 Å². The van der Waals surface area contributed by atoms with Gasteiger partial charge in [0.25, 0.3) is 0 Å². The van der Waals surface area contributed by atoms with Crippen LogP contribution in [0.3, 0.4) is 0 Å². The number of nitrogens with one attached hydrogen (secondary N) is 2. The van der Waals surface area contributed by atoms with Crippen LogP contribution in [0.5, 0.6) is 0 Å². The van der Waals surface area contributed by atoms with Crippen LogP contribution in [-0.4, -0.2) is 49.5 Å². The number of carbonyl (C=O) groups excluding carboxylic acids is 1. The number of benzene rings is 1. The van der Waals surface area contributed by atoms with E-state index in [-0.39, 0.29) is 12.5 Å². The fourth-order valence-electron chi connectivity index (χ4n) is 2.83. The SMILES string of the molecule is CCCNC(=O)CN=C(NCC)N1CCC(=Cc2ccccc2)CC1. The van der Waals surface area contributed by atoms with Gasteiger partial charge in [-0.2, -0.15) is 0 Å². The summed E-state index contributed by atoms with van der Waals surface area (Å²) in [6.45, 7) is 7.66. The molecule has 0 spiro atoms. The van der Waals surface area contributed by atoms with Gasteiger partial charge in [0.15, 0.2) is 5.96 Å². The topological polar surface area (TPSA) is 56.7 Å². The summed E-state index contributed by atoms with van der Waals surface area (Å²) in [6.07, 6.45) is 5.29. The average Bonchev–Trinajstić information content (AvgIpc) is 2.65. The van der Waals surface area contributed by atoms with Gasteiger partial charge >= 0.3 is 0 Å². The van der Waals surface area contributed by atoms with Crippen molar-refractivity contribution in [2.24, 2.45) is 4.99 Å². The third kappa shape index (κ3) is 6.61. The molecule has 0 atom stereocenters. The molecule has 1 aliphatic rings. The first-order chi connectivity index (χ1) is 12.2. The average molecular weight is 342 g/mol. The summed E-state index contributed by atoms with van der Waals surface area (Å²) in [4.78, 5) is 18.5. The maximum absolute atomic E-state index is 11.8. The van der Waals surface area contributed by atoms with Crippen LogP contribution in [0.2, 0.25) is 0 Å². The van der Waals surface area contributed by atoms with E-state index < -0.39 is 0 Å². The molecule has 1 aromatic rings. The number of piperidine rings is 1. The van der Waals surface area contributed by atoms with Gasteiger partial charge in [-0.3, -0.25) is 4.79 Å². The fraction of sp³-hybridized carbons (Fsp3) is 0.500. The molecule has 0 saturated carbocycles. The molecule has 1 aliphatic heterocycles. The number of guanidine groups is 1. The monoisotopic (exact) mass is 342 g/mol. The number of carbonyl (C=O) groups is 1. The molecular formula is C20H30N4O. The van der Waals surface area contributed by atoms with Crippen molar-refractivity contribution in [1.29, 1.82) is 0 Å². The molecule has 0 bridgehead atoms. The second-order valence-corrected chi connectivity index (χ2v) is 6.22. The zero-order chi connectivity index (χ0) is 17.9. The summed E-state index contributed by atoms with van der Waals surface area (Å²) < 4.78 is 0. The van der Waals surface area contributed by atoms with Crippen LogP contribution in [0.4, 0.5) is 0 Å². The number of rotatable bonds is 6. The van der Waals surface area contributed by atoms with E-state index >= 15 is 0 Å². The van der Waals surface area contributed by atoms with Crippen molar-refractivity contribution >= 4 is 17.9 Å². The second-order valence-electron chi connectivity index (χ2n) is 6.22. The van der Waals surface area contributed by atoms with Crippen LogP contribution >= 0.6 is 0 Å². The fourth-order valence-corrected chi connectivity index (χ4v) is 2.83. The zero-order valence-corrected chi connectivity index (χ0v) is 15.4. The van der Waals surface area contributed by atoms with Crippen LogP contribution in [0.1, 0.15) is 38.7 Å². The van der Waals surface area contributed by atoms with Crippen molar-refractivity contribution in [3.05, 3.63) is 41.5 Å². The Bertz CT molecular complexity index is 585. The van der Waals surface area contributed by atoms with E-state index in [0.29, 0.717) is 6.54 Å². The van der Waals surface area contributed by atoms with Crippen molar-refractivity contribution in [3.63, 3.8) is 0 Å². The van der Waals surface area contributed by atoms with Gasteiger partial charge in [-0.15, -0.1) is 0 Å². The van der Waals surface area contributed by atoms with Gasteiger partial charge in [0.1, 0.15) is 6.54 Å². The van der Waals surface area contributed by atoms with E-state index in [0.717, 1.165) is 44.9 Å². The highest BCUT2D eigenvalue weighted by atomic mass is 16.1. The van der Waals surface area contributed by atoms with Crippen LogP contribution < -0.4 is 10.6 Å². The zero-order valence-electron chi connectivity index (χ0n) is 15.4. The first-order valence-corrected chi connectivity index (χ1v) is 9.27. The molecule has 2 N–H and O–H groups in total. The first kappa shape index (κ1) is 19.0. The molecule has 0 aliphatic carbocycles. The predicted molar refractivity (Wildman–Crippen MR) is 105 cm³/mol. The Labute approximate surface area is 151 Å². The molecule has 1 fully saturated rings. The third-order valence-corrected chi connectivity index (χ3v) is 4.16. The summed E-state index contributed by atoms with van der Waals surface area (Å²) in [7, 11) is 0. The van der Waals surface area contributed by atoms with E-state index in [1.54, 1.807) is 0 Å². The smallest absolute Gasteiger partial charge is 0.241 e. The third-order valence-electron chi connectivity index (χ3n) is 4.16. The molecule has 1 saturated heterocycles. The van der Waals surface area contributed by atoms with Crippen molar-refractivity contribution in [3.8, 4) is 0 Å². The van der Waals surface area contributed by atoms with E-state index in [1.807, 2.05) is 13.0 Å². The Morgan fingerprint density at radius 1 is 1.16 bits per heavy atom. The highest BCUT2D eigenvalue weighted by molar-refractivity contribution is 5.85. The highest BCUT2D eigenvalue weighted by Gasteiger charge is 2.17. The van der Waals surface area contributed by atoms with Crippen LogP contribution in [0.25, 0.3) is 6.08 Å². The molecule has 2 rings (SSSR count). The van der Waals surface area contributed by atoms with Crippen LogP contribution in [-0.2, 0) is 4.79 Å². The Hall–Kier alpha value is -2.30. The molecule has 0 radical (unpaired) electrons. The minimum absolute atomic E-state index is 0.0149. The normalized spacial score (nSPS) is 15.0. The Balaban J connectivity index is 1.91. The summed E-state index contributed by atoms with van der Waals surface area (Å²) in [6, 6.07) is 10.5. The van der Waals surface area contributed by atoms with Gasteiger partial charge in [-0.1, -0.05) is 48.9 Å². The molecule has 0 unspecified atom stereocenters. The number of hydrogen-bond donors (Lipinski definition) is 2. The lowest BCUT2D eigenvalue weighted by Gasteiger charge is -2.31. The molecule has 5 nitrogen and oxygen atoms in total. The summed E-state index contributed by atoms with van der Waals surface area (Å²) >= 11 is 0. The van der Waals surface area contributed by atoms with Crippen LogP contribution in [0.15, 0.2) is 40.9 Å². The molecule has 1 aromatic carbocycles. The van der Waals surface area contributed by atoms with Crippen LogP contribution in [0, 0.1) is 0 Å². The van der Waals surface area contributed by atoms with Crippen molar-refractivity contribution in [2.45, 2.75) is 33.1 Å². The molecule has 136 valence electrons. The van der Waals surface area contributed by atoms with Gasteiger partial charge in [-0.05, 0) is 31.7 Å². The largest absolute Gasteiger partial charge is 0.357 e. The lowest BCUT2D eigenvalue weighted by molar-refractivity contribution is -0.119. The number of likely N-dealkylation sites (tertiary alicyclic amines) is 1. The van der Waals surface area contributed by atoms with E-state index in [4.69, 9.17) is 0 Å². The molecule has 0 aromatic heterocycles. The molecule has 1 heterocycles. The second kappa shape index (κ2) is 10.5. The molecule has 5 heteroatoms. The van der Waals surface area contributed by atoms with Gasteiger partial charge in [0.05, 0.1) is 0 Å². The number of nitrogens with zero attached hydrogens (tertiary/aromatic N) is 2. The molecular weight excluding hydrogens is 312 g/mol. The van der Waals surface area contributed by atoms with Gasteiger partial charge in [0, 0.05) is 26.2 Å². The number of hydrogen-bond acceptors (Lipinski definition) is 2. The summed E-state index contributed by atoms with van der Waals surface area (Å²) in [5.41, 5.74) is 2.73. The quantitative estimate of drug-likeness (QED) is 0.617. The minimum atomic E-state index is -0.0149. The minimum Gasteiger partial charge on any atom is -0.357 e. The standard InChI is InChI=1S/C20H30N4O/c1-3-12-22-19(25)16-23-20(21-4-2)24-13-10-18(11-14-24)15-17-8-6-5-7-9-17/h5-9,15H,3-4,10-14,16H2,1-2H3,(H,21,23)(H,22,25). The Morgan fingerprint density at radius 3 is 2.52 bits per heavy atom. The van der Waals surface area contributed by atoms with Gasteiger partial charge < -0.3 is 15.5 Å². The van der Waals surface area contributed by atoms with Crippen molar-refractivity contribution in [2.75, 3.05) is 32.7 Å². The van der Waals surface area contributed by atoms with E-state index in [1.165, 1.54) is 11.1 Å². The first-order valence-electron chi connectivity index (χ1n) is 9.27. The lowest BCUT2D eigenvalue weighted by atomic mass is 10.0.